The summed E-state index contributed by atoms with van der Waals surface area (Å²) in [5, 5.41) is 0. The van der Waals surface area contributed by atoms with Crippen LogP contribution in [0.5, 0.6) is 0 Å². The third kappa shape index (κ3) is 2.62. The summed E-state index contributed by atoms with van der Waals surface area (Å²) in [6.07, 6.45) is 5.22. The van der Waals surface area contributed by atoms with Gasteiger partial charge in [-0.15, -0.1) is 0 Å². The number of primary amides is 1. The zero-order valence-corrected chi connectivity index (χ0v) is 10.7. The van der Waals surface area contributed by atoms with Gasteiger partial charge in [-0.1, -0.05) is 30.3 Å². The number of hydrogen-bond donors (Lipinski definition) is 1. The summed E-state index contributed by atoms with van der Waals surface area (Å²) in [6.45, 7) is 3.54. The van der Waals surface area contributed by atoms with Gasteiger partial charge in [0.2, 0.25) is 5.91 Å². The van der Waals surface area contributed by atoms with Gasteiger partial charge in [0.15, 0.2) is 0 Å². The molecule has 0 bridgehead atoms. The Labute approximate surface area is 108 Å². The third-order valence-corrected chi connectivity index (χ3v) is 3.63. The summed E-state index contributed by atoms with van der Waals surface area (Å²) in [5.74, 6) is -0.394. The maximum Gasteiger partial charge on any atom is 0.241 e. The first kappa shape index (κ1) is 12.8. The second kappa shape index (κ2) is 5.36. The Hall–Kier alpha value is -1.61. The molecule has 3 nitrogen and oxygen atoms in total. The van der Waals surface area contributed by atoms with Crippen LogP contribution in [0.1, 0.15) is 24.0 Å². The molecule has 2 rings (SSSR count). The number of amides is 1. The number of aryl methyl sites for hydroxylation is 1. The van der Waals surface area contributed by atoms with Crippen LogP contribution in [0.4, 0.5) is 0 Å². The Morgan fingerprint density at radius 2 is 2.00 bits per heavy atom. The van der Waals surface area contributed by atoms with E-state index in [1.54, 1.807) is 0 Å². The van der Waals surface area contributed by atoms with Crippen LogP contribution in [0.2, 0.25) is 0 Å². The number of rotatable bonds is 3. The van der Waals surface area contributed by atoms with Gasteiger partial charge in [0.05, 0.1) is 0 Å². The van der Waals surface area contributed by atoms with E-state index >= 15 is 0 Å². The Kier molecular flexibility index (Phi) is 3.82. The lowest BCUT2D eigenvalue weighted by atomic mass is 9.72. The molecule has 96 valence electrons. The predicted octanol–water partition coefficient (Wildman–Crippen LogP) is 2.08. The minimum Gasteiger partial charge on any atom is -0.381 e. The molecule has 0 saturated carbocycles. The van der Waals surface area contributed by atoms with Gasteiger partial charge in [-0.3, -0.25) is 4.79 Å². The quantitative estimate of drug-likeness (QED) is 0.829. The molecule has 1 heterocycles. The molecular weight excluding hydrogens is 226 g/mol. The SMILES string of the molecule is Cc1ccccc1C1(/C=C\C(N)=O)CCOCC1. The zero-order chi connectivity index (χ0) is 13.0. The van der Waals surface area contributed by atoms with Crippen molar-refractivity contribution in [2.45, 2.75) is 25.2 Å². The van der Waals surface area contributed by atoms with E-state index in [1.807, 2.05) is 18.2 Å². The monoisotopic (exact) mass is 245 g/mol. The highest BCUT2D eigenvalue weighted by Gasteiger charge is 2.32. The number of hydrogen-bond acceptors (Lipinski definition) is 2. The lowest BCUT2D eigenvalue weighted by Gasteiger charge is -2.36. The highest BCUT2D eigenvalue weighted by atomic mass is 16.5. The van der Waals surface area contributed by atoms with Gasteiger partial charge in [0.1, 0.15) is 0 Å². The molecule has 1 amide bonds. The number of carbonyl (C=O) groups excluding carboxylic acids is 1. The van der Waals surface area contributed by atoms with Crippen LogP contribution in [0.3, 0.4) is 0 Å². The first-order chi connectivity index (χ1) is 8.64. The van der Waals surface area contributed by atoms with Crippen molar-refractivity contribution in [2.24, 2.45) is 5.73 Å². The molecule has 1 aliphatic rings. The van der Waals surface area contributed by atoms with E-state index in [9.17, 15) is 4.79 Å². The molecule has 2 N–H and O–H groups in total. The van der Waals surface area contributed by atoms with E-state index < -0.39 is 5.91 Å². The van der Waals surface area contributed by atoms with Crippen LogP contribution < -0.4 is 5.73 Å². The van der Waals surface area contributed by atoms with Crippen molar-refractivity contribution in [1.82, 2.24) is 0 Å². The number of ether oxygens (including phenoxy) is 1. The number of nitrogens with two attached hydrogens (primary N) is 1. The van der Waals surface area contributed by atoms with Gasteiger partial charge < -0.3 is 10.5 Å². The van der Waals surface area contributed by atoms with Crippen LogP contribution in [-0.2, 0) is 14.9 Å². The lowest BCUT2D eigenvalue weighted by molar-refractivity contribution is -0.113. The van der Waals surface area contributed by atoms with E-state index in [-0.39, 0.29) is 5.41 Å². The maximum absolute atomic E-state index is 11.0. The average molecular weight is 245 g/mol. The van der Waals surface area contributed by atoms with Gasteiger partial charge in [-0.25, -0.2) is 0 Å². The molecule has 1 aromatic carbocycles. The smallest absolute Gasteiger partial charge is 0.241 e. The predicted molar refractivity (Wildman–Crippen MR) is 71.2 cm³/mol. The maximum atomic E-state index is 11.0. The molecule has 1 fully saturated rings. The molecule has 0 atom stereocenters. The second-order valence-electron chi connectivity index (χ2n) is 4.82. The molecule has 1 aromatic rings. The summed E-state index contributed by atoms with van der Waals surface area (Å²) in [5.41, 5.74) is 7.63. The first-order valence-corrected chi connectivity index (χ1v) is 6.27. The molecule has 1 saturated heterocycles. The van der Waals surface area contributed by atoms with Crippen molar-refractivity contribution in [2.75, 3.05) is 13.2 Å². The summed E-state index contributed by atoms with van der Waals surface area (Å²) in [6, 6.07) is 8.30. The fourth-order valence-corrected chi connectivity index (χ4v) is 2.63. The second-order valence-corrected chi connectivity index (χ2v) is 4.82. The van der Waals surface area contributed by atoms with Crippen LogP contribution >= 0.6 is 0 Å². The van der Waals surface area contributed by atoms with Crippen molar-refractivity contribution < 1.29 is 9.53 Å². The molecule has 0 unspecified atom stereocenters. The van der Waals surface area contributed by atoms with Crippen molar-refractivity contribution in [3.63, 3.8) is 0 Å². The Morgan fingerprint density at radius 1 is 1.33 bits per heavy atom. The number of carbonyl (C=O) groups is 1. The van der Waals surface area contributed by atoms with Gasteiger partial charge in [-0.2, -0.15) is 0 Å². The molecule has 3 heteroatoms. The standard InChI is InChI=1S/C15H19NO2/c1-12-4-2-3-5-13(12)15(7-6-14(16)17)8-10-18-11-9-15/h2-7H,8-11H2,1H3,(H2,16,17)/b7-6-. The largest absolute Gasteiger partial charge is 0.381 e. The van der Waals surface area contributed by atoms with E-state index in [1.165, 1.54) is 17.2 Å². The highest BCUT2D eigenvalue weighted by Crippen LogP contribution is 2.37. The molecule has 18 heavy (non-hydrogen) atoms. The number of benzene rings is 1. The van der Waals surface area contributed by atoms with E-state index in [2.05, 4.69) is 19.1 Å². The fraction of sp³-hybridized carbons (Fsp3) is 0.400. The van der Waals surface area contributed by atoms with Crippen LogP contribution in [-0.4, -0.2) is 19.1 Å². The Balaban J connectivity index is 2.41. The Bertz CT molecular complexity index is 459. The van der Waals surface area contributed by atoms with Crippen LogP contribution in [0, 0.1) is 6.92 Å². The van der Waals surface area contributed by atoms with Crippen LogP contribution in [0.15, 0.2) is 36.4 Å². The summed E-state index contributed by atoms with van der Waals surface area (Å²) in [7, 11) is 0. The molecule has 0 spiro atoms. The van der Waals surface area contributed by atoms with Crippen LogP contribution in [0.25, 0.3) is 0 Å². The topological polar surface area (TPSA) is 52.3 Å². The lowest BCUT2D eigenvalue weighted by Crippen LogP contribution is -2.33. The highest BCUT2D eigenvalue weighted by molar-refractivity contribution is 5.86. The molecular formula is C15H19NO2. The summed E-state index contributed by atoms with van der Waals surface area (Å²) < 4.78 is 5.44. The van der Waals surface area contributed by atoms with Crippen molar-refractivity contribution >= 4 is 5.91 Å². The van der Waals surface area contributed by atoms with E-state index in [0.717, 1.165) is 26.1 Å². The zero-order valence-electron chi connectivity index (χ0n) is 10.7. The van der Waals surface area contributed by atoms with Gasteiger partial charge >= 0.3 is 0 Å². The average Bonchev–Trinajstić information content (AvgIpc) is 2.38. The minimum atomic E-state index is -0.394. The summed E-state index contributed by atoms with van der Waals surface area (Å²) >= 11 is 0. The fourth-order valence-electron chi connectivity index (χ4n) is 2.63. The molecule has 1 aliphatic heterocycles. The van der Waals surface area contributed by atoms with Gasteiger partial charge in [0.25, 0.3) is 0 Å². The van der Waals surface area contributed by atoms with Crippen molar-refractivity contribution in [1.29, 1.82) is 0 Å². The van der Waals surface area contributed by atoms with Gasteiger partial charge in [-0.05, 0) is 37.0 Å². The first-order valence-electron chi connectivity index (χ1n) is 6.27. The molecule has 0 aliphatic carbocycles. The van der Waals surface area contributed by atoms with E-state index in [4.69, 9.17) is 10.5 Å². The summed E-state index contributed by atoms with van der Waals surface area (Å²) in [4.78, 5) is 11.0. The number of allylic oxidation sites excluding steroid dienone is 1. The normalized spacial score (nSPS) is 18.9. The third-order valence-electron chi connectivity index (χ3n) is 3.63. The van der Waals surface area contributed by atoms with Crippen molar-refractivity contribution in [3.8, 4) is 0 Å². The minimum absolute atomic E-state index is 0.112. The molecule has 0 aromatic heterocycles. The van der Waals surface area contributed by atoms with Crippen molar-refractivity contribution in [3.05, 3.63) is 47.5 Å². The van der Waals surface area contributed by atoms with E-state index in [0.29, 0.717) is 0 Å². The Morgan fingerprint density at radius 3 is 2.61 bits per heavy atom. The van der Waals surface area contributed by atoms with Gasteiger partial charge in [0, 0.05) is 18.6 Å². The molecule has 0 radical (unpaired) electrons.